The number of benzene rings is 6. The first-order valence-corrected chi connectivity index (χ1v) is 25.6. The topological polar surface area (TPSA) is 171 Å². The van der Waals surface area contributed by atoms with Crippen LogP contribution in [0.25, 0.3) is 0 Å². The highest BCUT2D eigenvalue weighted by atomic mass is 16.8. The average Bonchev–Trinajstić information content (AvgIpc) is 3.46. The molecule has 15 nitrogen and oxygen atoms in total. The molecule has 0 aromatic heterocycles. The molecule has 75 heavy (non-hydrogen) atoms. The first-order chi connectivity index (χ1) is 36.9. The lowest BCUT2D eigenvalue weighted by Gasteiger charge is -2.51. The van der Waals surface area contributed by atoms with Crippen LogP contribution in [0.1, 0.15) is 33.4 Å². The van der Waals surface area contributed by atoms with E-state index in [1.165, 1.54) is 0 Å². The van der Waals surface area contributed by atoms with Gasteiger partial charge in [-0.25, -0.2) is 0 Å². The average molecular weight is 1030 g/mol. The maximum Gasteiger partial charge on any atom is 0.187 e. The second-order valence-electron chi connectivity index (χ2n) is 18.8. The fourth-order valence-electron chi connectivity index (χ4n) is 9.40. The molecule has 15 heteroatoms. The van der Waals surface area contributed by atoms with Gasteiger partial charge in [0.25, 0.3) is 0 Å². The van der Waals surface area contributed by atoms with E-state index in [-0.39, 0.29) is 59.5 Å². The molecule has 3 aliphatic heterocycles. The summed E-state index contributed by atoms with van der Waals surface area (Å²) in [5.74, 6) is 0. The van der Waals surface area contributed by atoms with Crippen molar-refractivity contribution in [3.63, 3.8) is 0 Å². The summed E-state index contributed by atoms with van der Waals surface area (Å²) in [6.07, 6.45) is -16.2. The number of aliphatic hydroxyl groups excluding tert-OH is 3. The molecule has 3 heterocycles. The number of rotatable bonds is 25. The van der Waals surface area contributed by atoms with E-state index in [0.717, 1.165) is 33.4 Å². The van der Waals surface area contributed by atoms with Gasteiger partial charge in [0.05, 0.1) is 59.5 Å². The Bertz CT molecular complexity index is 2500. The Morgan fingerprint density at radius 2 is 0.720 bits per heavy atom. The third-order valence-electron chi connectivity index (χ3n) is 13.4. The van der Waals surface area contributed by atoms with E-state index in [4.69, 9.17) is 56.8 Å². The van der Waals surface area contributed by atoms with E-state index in [2.05, 4.69) is 0 Å². The van der Waals surface area contributed by atoms with E-state index in [1.54, 1.807) is 7.11 Å². The largest absolute Gasteiger partial charge is 0.388 e. The number of aliphatic hydroxyl groups is 3. The number of hydrogen-bond donors (Lipinski definition) is 3. The van der Waals surface area contributed by atoms with Gasteiger partial charge in [-0.1, -0.05) is 182 Å². The van der Waals surface area contributed by atoms with Crippen LogP contribution in [0.5, 0.6) is 0 Å². The smallest absolute Gasteiger partial charge is 0.187 e. The van der Waals surface area contributed by atoms with Crippen molar-refractivity contribution in [1.82, 2.24) is 0 Å². The highest BCUT2D eigenvalue weighted by molar-refractivity contribution is 5.18. The molecule has 0 radical (unpaired) electrons. The second kappa shape index (κ2) is 28.2. The van der Waals surface area contributed by atoms with Crippen LogP contribution in [0.15, 0.2) is 182 Å². The first-order valence-electron chi connectivity index (χ1n) is 25.6. The third kappa shape index (κ3) is 15.2. The SMILES string of the molecule is CO[C@H]1O[C@H](COCc2ccccc2)[C@@H](O[C@@H]2O[C@H](COCc3ccccc3)[C@@H](OCc3ccccc3)[C@H](OCc3ccccc3)[C@@H]2O[C@@H]2OC[C@@H](O)[C@H](O)[C@H]2O)[C@H](OCc2ccccc2)[C@H]1OCc1ccccc1. The maximum absolute atomic E-state index is 11.5. The van der Waals surface area contributed by atoms with Gasteiger partial charge in [-0.3, -0.25) is 0 Å². The Labute approximate surface area is 438 Å². The van der Waals surface area contributed by atoms with E-state index >= 15 is 0 Å². The lowest BCUT2D eigenvalue weighted by Crippen LogP contribution is -2.67. The van der Waals surface area contributed by atoms with Gasteiger partial charge in [0.2, 0.25) is 0 Å². The molecule has 0 amide bonds. The van der Waals surface area contributed by atoms with Gasteiger partial charge in [0.15, 0.2) is 18.9 Å². The van der Waals surface area contributed by atoms with Gasteiger partial charge in [-0.15, -0.1) is 0 Å². The normalized spacial score (nSPS) is 29.0. The summed E-state index contributed by atoms with van der Waals surface area (Å²) in [4.78, 5) is 0. The van der Waals surface area contributed by atoms with Crippen molar-refractivity contribution in [2.24, 2.45) is 0 Å². The minimum atomic E-state index is -1.68. The molecule has 14 atom stereocenters. The van der Waals surface area contributed by atoms with Crippen LogP contribution in [0.4, 0.5) is 0 Å². The molecule has 398 valence electrons. The molecule has 0 bridgehead atoms. The third-order valence-corrected chi connectivity index (χ3v) is 13.4. The highest BCUT2D eigenvalue weighted by Gasteiger charge is 2.56. The molecule has 0 saturated carbocycles. The van der Waals surface area contributed by atoms with Crippen molar-refractivity contribution >= 4 is 0 Å². The van der Waals surface area contributed by atoms with Gasteiger partial charge >= 0.3 is 0 Å². The molecular formula is C60H68O15. The van der Waals surface area contributed by atoms with E-state index < -0.39 is 86.0 Å². The summed E-state index contributed by atoms with van der Waals surface area (Å²) in [6, 6.07) is 58.6. The van der Waals surface area contributed by atoms with Crippen LogP contribution in [0.2, 0.25) is 0 Å². The Kier molecular flexibility index (Phi) is 20.5. The summed E-state index contributed by atoms with van der Waals surface area (Å²) < 4.78 is 80.8. The lowest BCUT2D eigenvalue weighted by atomic mass is 9.95. The highest BCUT2D eigenvalue weighted by Crippen LogP contribution is 2.38. The zero-order valence-electron chi connectivity index (χ0n) is 42.0. The van der Waals surface area contributed by atoms with Crippen LogP contribution in [0, 0.1) is 0 Å². The first kappa shape index (κ1) is 54.5. The van der Waals surface area contributed by atoms with E-state index in [1.807, 2.05) is 182 Å². The fourth-order valence-corrected chi connectivity index (χ4v) is 9.40. The summed E-state index contributed by atoms with van der Waals surface area (Å²) >= 11 is 0. The van der Waals surface area contributed by atoms with E-state index in [0.29, 0.717) is 0 Å². The van der Waals surface area contributed by atoms with Crippen molar-refractivity contribution < 1.29 is 72.2 Å². The molecule has 0 unspecified atom stereocenters. The minimum absolute atomic E-state index is 0.0170. The molecule has 3 N–H and O–H groups in total. The fraction of sp³-hybridized carbons (Fsp3) is 0.400. The predicted octanol–water partition coefficient (Wildman–Crippen LogP) is 7.07. The second-order valence-corrected chi connectivity index (χ2v) is 18.8. The van der Waals surface area contributed by atoms with Crippen LogP contribution in [0.3, 0.4) is 0 Å². The zero-order valence-corrected chi connectivity index (χ0v) is 42.0. The van der Waals surface area contributed by atoms with Crippen LogP contribution in [-0.2, 0) is 96.5 Å². The van der Waals surface area contributed by atoms with Crippen LogP contribution in [-0.4, -0.2) is 128 Å². The monoisotopic (exact) mass is 1030 g/mol. The Hall–Kier alpha value is -5.28. The molecule has 9 rings (SSSR count). The van der Waals surface area contributed by atoms with Gasteiger partial charge in [-0.05, 0) is 33.4 Å². The maximum atomic E-state index is 11.5. The zero-order chi connectivity index (χ0) is 51.6. The van der Waals surface area contributed by atoms with Gasteiger partial charge in [-0.2, -0.15) is 0 Å². The molecule has 3 aliphatic rings. The van der Waals surface area contributed by atoms with Crippen molar-refractivity contribution in [3.8, 4) is 0 Å². The van der Waals surface area contributed by atoms with Gasteiger partial charge < -0.3 is 72.2 Å². The Morgan fingerprint density at radius 1 is 0.373 bits per heavy atom. The predicted molar refractivity (Wildman–Crippen MR) is 274 cm³/mol. The molecule has 0 aliphatic carbocycles. The van der Waals surface area contributed by atoms with Crippen molar-refractivity contribution in [1.29, 1.82) is 0 Å². The number of ether oxygens (including phenoxy) is 12. The quantitative estimate of drug-likeness (QED) is 0.0532. The summed E-state index contributed by atoms with van der Waals surface area (Å²) in [7, 11) is 1.56. The van der Waals surface area contributed by atoms with Crippen LogP contribution >= 0.6 is 0 Å². The molecule has 6 aromatic carbocycles. The molecule has 6 aromatic rings. The van der Waals surface area contributed by atoms with Crippen molar-refractivity contribution in [3.05, 3.63) is 215 Å². The van der Waals surface area contributed by atoms with E-state index in [9.17, 15) is 15.3 Å². The molecule has 3 fully saturated rings. The summed E-state index contributed by atoms with van der Waals surface area (Å²) in [6.45, 7) is 0.854. The summed E-state index contributed by atoms with van der Waals surface area (Å²) in [5, 5.41) is 33.1. The lowest BCUT2D eigenvalue weighted by molar-refractivity contribution is -0.393. The number of methoxy groups -OCH3 is 1. The van der Waals surface area contributed by atoms with Crippen molar-refractivity contribution in [2.45, 2.75) is 126 Å². The number of hydrogen-bond acceptors (Lipinski definition) is 15. The molecule has 3 saturated heterocycles. The Balaban J connectivity index is 1.12. The Morgan fingerprint density at radius 3 is 1.15 bits per heavy atom. The van der Waals surface area contributed by atoms with Gasteiger partial charge in [0.1, 0.15) is 67.1 Å². The van der Waals surface area contributed by atoms with Crippen molar-refractivity contribution in [2.75, 3.05) is 26.9 Å². The molecule has 0 spiro atoms. The van der Waals surface area contributed by atoms with Gasteiger partial charge in [0, 0.05) is 7.11 Å². The standard InChI is InChI=1S/C60H68O15/c1-64-59-56(70-37-46-30-18-7-19-31-46)55(69-36-45-28-16-6-17-29-45)53(49(72-59)40-66-33-42-22-10-3-11-23-42)74-60-57(75-58-51(63)50(62)47(61)38-71-58)54(68-35-44-26-14-5-15-27-44)52(67-34-43-24-12-4-13-25-43)48(73-60)39-65-32-41-20-8-2-9-21-41/h2-31,47-63H,32-40H2,1H3/t47-,48-,49-,50+,51-,52-,53-,54+,55+,56-,57+,58+,59+,60+/m1/s1. The molecular weight excluding hydrogens is 961 g/mol. The summed E-state index contributed by atoms with van der Waals surface area (Å²) in [5.41, 5.74) is 5.48. The van der Waals surface area contributed by atoms with Crippen LogP contribution < -0.4 is 0 Å². The minimum Gasteiger partial charge on any atom is -0.388 e.